The highest BCUT2D eigenvalue weighted by atomic mass is 16.2. The van der Waals surface area contributed by atoms with Crippen LogP contribution in [-0.4, -0.2) is 47.8 Å². The third-order valence-electron chi connectivity index (χ3n) is 5.04. The molecule has 6 heteroatoms. The van der Waals surface area contributed by atoms with Gasteiger partial charge in [-0.25, -0.2) is 0 Å². The topological polar surface area (TPSA) is 53.4 Å². The molecule has 1 aromatic carbocycles. The number of likely N-dealkylation sites (tertiary alicyclic amines) is 1. The molecule has 3 rings (SSSR count). The summed E-state index contributed by atoms with van der Waals surface area (Å²) < 4.78 is 1.86. The maximum Gasteiger partial charge on any atom is 0.222 e. The Labute approximate surface area is 149 Å². The van der Waals surface area contributed by atoms with Crippen LogP contribution in [0.5, 0.6) is 0 Å². The SMILES string of the molecule is CN(C)c1ccc(CN[C@@H]2CCC(=O)N(C)[C@H]2c2ccnn2C)cc1. The first-order valence-electron chi connectivity index (χ1n) is 8.70. The molecule has 0 bridgehead atoms. The van der Waals surface area contributed by atoms with Crippen LogP contribution in [0.1, 0.15) is 30.1 Å². The average Bonchev–Trinajstić information content (AvgIpc) is 3.02. The zero-order valence-corrected chi connectivity index (χ0v) is 15.4. The van der Waals surface area contributed by atoms with Crippen molar-refractivity contribution >= 4 is 11.6 Å². The fourth-order valence-corrected chi connectivity index (χ4v) is 3.49. The molecule has 1 aliphatic heterocycles. The van der Waals surface area contributed by atoms with Gasteiger partial charge in [-0.15, -0.1) is 0 Å². The van der Waals surface area contributed by atoms with E-state index in [0.717, 1.165) is 18.7 Å². The summed E-state index contributed by atoms with van der Waals surface area (Å²) in [7, 11) is 7.90. The minimum atomic E-state index is 0.00907. The first-order valence-corrected chi connectivity index (χ1v) is 8.70. The molecule has 1 fully saturated rings. The Morgan fingerprint density at radius 1 is 1.20 bits per heavy atom. The molecule has 2 atom stereocenters. The highest BCUT2D eigenvalue weighted by Gasteiger charge is 2.35. The summed E-state index contributed by atoms with van der Waals surface area (Å²) in [4.78, 5) is 16.1. The first-order chi connectivity index (χ1) is 12.0. The molecule has 1 aromatic heterocycles. The van der Waals surface area contributed by atoms with Crippen molar-refractivity contribution in [2.24, 2.45) is 7.05 Å². The molecule has 2 aromatic rings. The van der Waals surface area contributed by atoms with Crippen molar-refractivity contribution < 1.29 is 4.79 Å². The van der Waals surface area contributed by atoms with Crippen LogP contribution in [0, 0.1) is 0 Å². The van der Waals surface area contributed by atoms with E-state index in [-0.39, 0.29) is 18.0 Å². The summed E-state index contributed by atoms with van der Waals surface area (Å²) in [6, 6.07) is 10.8. The van der Waals surface area contributed by atoms with Gasteiger partial charge in [-0.05, 0) is 30.2 Å². The Kier molecular flexibility index (Phi) is 5.08. The summed E-state index contributed by atoms with van der Waals surface area (Å²) >= 11 is 0. The Balaban J connectivity index is 1.73. The maximum atomic E-state index is 12.2. The number of hydrogen-bond donors (Lipinski definition) is 1. The molecule has 1 amide bonds. The Hall–Kier alpha value is -2.34. The van der Waals surface area contributed by atoms with Gasteiger partial charge in [-0.3, -0.25) is 9.48 Å². The van der Waals surface area contributed by atoms with Crippen LogP contribution in [0.4, 0.5) is 5.69 Å². The van der Waals surface area contributed by atoms with E-state index in [1.165, 1.54) is 11.3 Å². The lowest BCUT2D eigenvalue weighted by Crippen LogP contribution is -2.49. The molecule has 0 aliphatic carbocycles. The molecule has 6 nitrogen and oxygen atoms in total. The fourth-order valence-electron chi connectivity index (χ4n) is 3.49. The maximum absolute atomic E-state index is 12.2. The number of carbonyl (C=O) groups is 1. The van der Waals surface area contributed by atoms with Gasteiger partial charge >= 0.3 is 0 Å². The van der Waals surface area contributed by atoms with E-state index in [9.17, 15) is 4.79 Å². The van der Waals surface area contributed by atoms with E-state index in [1.54, 1.807) is 6.20 Å². The number of aromatic nitrogens is 2. The summed E-state index contributed by atoms with van der Waals surface area (Å²) in [6.45, 7) is 0.786. The van der Waals surface area contributed by atoms with Gasteiger partial charge in [0.05, 0.1) is 11.7 Å². The van der Waals surface area contributed by atoms with Gasteiger partial charge in [0.1, 0.15) is 0 Å². The zero-order chi connectivity index (χ0) is 18.0. The van der Waals surface area contributed by atoms with Crippen molar-refractivity contribution in [1.82, 2.24) is 20.0 Å². The number of aryl methyl sites for hydroxylation is 1. The van der Waals surface area contributed by atoms with Crippen LogP contribution < -0.4 is 10.2 Å². The van der Waals surface area contributed by atoms with E-state index in [0.29, 0.717) is 6.42 Å². The third kappa shape index (κ3) is 3.69. The number of carbonyl (C=O) groups excluding carboxylic acids is 1. The monoisotopic (exact) mass is 341 g/mol. The molecule has 134 valence electrons. The smallest absolute Gasteiger partial charge is 0.222 e. The molecule has 1 saturated heterocycles. The van der Waals surface area contributed by atoms with Gasteiger partial charge in [0.2, 0.25) is 5.91 Å². The number of benzene rings is 1. The third-order valence-corrected chi connectivity index (χ3v) is 5.04. The fraction of sp³-hybridized carbons (Fsp3) is 0.474. The lowest BCUT2D eigenvalue weighted by Gasteiger charge is -2.39. The Morgan fingerprint density at radius 3 is 2.52 bits per heavy atom. The van der Waals surface area contributed by atoms with Crippen molar-refractivity contribution in [2.45, 2.75) is 31.5 Å². The molecule has 0 saturated carbocycles. The van der Waals surface area contributed by atoms with Crippen molar-refractivity contribution in [3.8, 4) is 0 Å². The van der Waals surface area contributed by atoms with E-state index in [4.69, 9.17) is 0 Å². The Morgan fingerprint density at radius 2 is 1.92 bits per heavy atom. The first kappa shape index (κ1) is 17.5. The van der Waals surface area contributed by atoms with Crippen LogP contribution >= 0.6 is 0 Å². The van der Waals surface area contributed by atoms with Crippen molar-refractivity contribution in [2.75, 3.05) is 26.0 Å². The van der Waals surface area contributed by atoms with Crippen LogP contribution in [0.25, 0.3) is 0 Å². The van der Waals surface area contributed by atoms with Gasteiger partial charge in [0, 0.05) is 59.1 Å². The summed E-state index contributed by atoms with van der Waals surface area (Å²) in [5, 5.41) is 7.93. The lowest BCUT2D eigenvalue weighted by molar-refractivity contribution is -0.136. The van der Waals surface area contributed by atoms with E-state index in [1.807, 2.05) is 43.8 Å². The zero-order valence-electron chi connectivity index (χ0n) is 15.4. The number of likely N-dealkylation sites (N-methyl/N-ethyl adjacent to an activating group) is 1. The summed E-state index contributed by atoms with van der Waals surface area (Å²) in [5.74, 6) is 0.194. The molecule has 2 heterocycles. The molecule has 1 N–H and O–H groups in total. The van der Waals surface area contributed by atoms with Crippen molar-refractivity contribution in [3.63, 3.8) is 0 Å². The van der Waals surface area contributed by atoms with Crippen LogP contribution in [0.3, 0.4) is 0 Å². The summed E-state index contributed by atoms with van der Waals surface area (Å²) in [5.41, 5.74) is 3.50. The number of hydrogen-bond acceptors (Lipinski definition) is 4. The Bertz CT molecular complexity index is 722. The predicted octanol–water partition coefficient (Wildman–Crippen LogP) is 1.94. The average molecular weight is 341 g/mol. The largest absolute Gasteiger partial charge is 0.378 e. The van der Waals surface area contributed by atoms with E-state index in [2.05, 4.69) is 39.6 Å². The number of anilines is 1. The molecule has 1 aliphatic rings. The molecular formula is C19H27N5O. The standard InChI is InChI=1S/C19H27N5O/c1-22(2)15-7-5-14(6-8-15)13-20-16-9-10-18(25)23(3)19(16)17-11-12-21-24(17)4/h5-8,11-12,16,19-20H,9-10,13H2,1-4H3/t16-,19-/m1/s1. The number of nitrogens with zero attached hydrogens (tertiary/aromatic N) is 4. The quantitative estimate of drug-likeness (QED) is 0.903. The van der Waals surface area contributed by atoms with Gasteiger partial charge in [0.15, 0.2) is 0 Å². The highest BCUT2D eigenvalue weighted by molar-refractivity contribution is 5.77. The van der Waals surface area contributed by atoms with Gasteiger partial charge in [-0.2, -0.15) is 5.10 Å². The van der Waals surface area contributed by atoms with Crippen LogP contribution in [0.2, 0.25) is 0 Å². The number of amides is 1. The molecule has 0 unspecified atom stereocenters. The van der Waals surface area contributed by atoms with Crippen LogP contribution in [0.15, 0.2) is 36.5 Å². The summed E-state index contributed by atoms with van der Waals surface area (Å²) in [6.07, 6.45) is 3.22. The van der Waals surface area contributed by atoms with E-state index >= 15 is 0 Å². The van der Waals surface area contributed by atoms with Crippen molar-refractivity contribution in [1.29, 1.82) is 0 Å². The molecular weight excluding hydrogens is 314 g/mol. The van der Waals surface area contributed by atoms with Crippen LogP contribution in [-0.2, 0) is 18.4 Å². The van der Waals surface area contributed by atoms with Gasteiger partial charge < -0.3 is 15.1 Å². The second-order valence-corrected chi connectivity index (χ2v) is 6.92. The normalized spacial score (nSPS) is 20.8. The predicted molar refractivity (Wildman–Crippen MR) is 99.3 cm³/mol. The second-order valence-electron chi connectivity index (χ2n) is 6.92. The van der Waals surface area contributed by atoms with E-state index < -0.39 is 0 Å². The molecule has 0 spiro atoms. The van der Waals surface area contributed by atoms with Crippen molar-refractivity contribution in [3.05, 3.63) is 47.8 Å². The number of piperidine rings is 1. The van der Waals surface area contributed by atoms with Gasteiger partial charge in [-0.1, -0.05) is 12.1 Å². The minimum absolute atomic E-state index is 0.00907. The van der Waals surface area contributed by atoms with Gasteiger partial charge in [0.25, 0.3) is 0 Å². The second kappa shape index (κ2) is 7.27. The number of rotatable bonds is 5. The number of nitrogens with one attached hydrogen (secondary N) is 1. The molecule has 25 heavy (non-hydrogen) atoms. The molecule has 0 radical (unpaired) electrons. The minimum Gasteiger partial charge on any atom is -0.378 e. The highest BCUT2D eigenvalue weighted by Crippen LogP contribution is 2.30. The lowest BCUT2D eigenvalue weighted by atomic mass is 9.93.